The molecule has 1 unspecified atom stereocenters. The number of rotatable bonds is 1. The first-order valence-electron chi connectivity index (χ1n) is 4.85. The maximum absolute atomic E-state index is 9.89. The lowest BCUT2D eigenvalue weighted by Gasteiger charge is -2.30. The molecule has 1 aromatic carbocycles. The molecule has 0 amide bonds. The number of aliphatic hydroxyl groups is 1. The minimum Gasteiger partial charge on any atom is -0.511 e. The van der Waals surface area contributed by atoms with Crippen LogP contribution in [-0.4, -0.2) is 5.11 Å². The molecule has 0 aliphatic heterocycles. The van der Waals surface area contributed by atoms with Gasteiger partial charge in [0.25, 0.3) is 0 Å². The van der Waals surface area contributed by atoms with Gasteiger partial charge >= 0.3 is 0 Å². The predicted octanol–water partition coefficient (Wildman–Crippen LogP) is 3.35. The molecule has 1 N–H and O–H groups in total. The van der Waals surface area contributed by atoms with Crippen LogP contribution in [0.2, 0.25) is 0 Å². The molecule has 0 spiro atoms. The Morgan fingerprint density at radius 3 is 2.57 bits per heavy atom. The van der Waals surface area contributed by atoms with Crippen molar-refractivity contribution in [3.8, 4) is 0 Å². The van der Waals surface area contributed by atoms with Crippen LogP contribution in [0.1, 0.15) is 18.9 Å². The Morgan fingerprint density at radius 2 is 1.93 bits per heavy atom. The molecule has 0 fully saturated rings. The van der Waals surface area contributed by atoms with Crippen LogP contribution >= 0.6 is 0 Å². The predicted molar refractivity (Wildman–Crippen MR) is 58.3 cm³/mol. The third kappa shape index (κ3) is 1.35. The molecule has 0 saturated carbocycles. The summed E-state index contributed by atoms with van der Waals surface area (Å²) < 4.78 is 0. The Labute approximate surface area is 84.4 Å². The standard InChI is InChI=1S/C13H14O/c1-13(10-6-5-9-12(13)14)11-7-3-2-4-8-11/h2-9,14H,10H2,1H3. The van der Waals surface area contributed by atoms with E-state index < -0.39 is 0 Å². The van der Waals surface area contributed by atoms with E-state index in [1.807, 2.05) is 24.3 Å². The average Bonchev–Trinajstić information content (AvgIpc) is 2.24. The number of benzene rings is 1. The molecule has 2 rings (SSSR count). The lowest BCUT2D eigenvalue weighted by molar-refractivity contribution is 0.304. The van der Waals surface area contributed by atoms with Crippen LogP contribution in [-0.2, 0) is 5.41 Å². The monoisotopic (exact) mass is 186 g/mol. The SMILES string of the molecule is CC1(c2ccccc2)CC=CC=C1O. The van der Waals surface area contributed by atoms with Crippen LogP contribution in [0.4, 0.5) is 0 Å². The quantitative estimate of drug-likeness (QED) is 0.713. The number of hydrogen-bond donors (Lipinski definition) is 1. The van der Waals surface area contributed by atoms with Crippen LogP contribution < -0.4 is 0 Å². The van der Waals surface area contributed by atoms with Crippen molar-refractivity contribution >= 4 is 0 Å². The van der Waals surface area contributed by atoms with Crippen molar-refractivity contribution in [3.05, 3.63) is 59.9 Å². The fourth-order valence-electron chi connectivity index (χ4n) is 1.82. The molecule has 1 heteroatoms. The largest absolute Gasteiger partial charge is 0.511 e. The minimum absolute atomic E-state index is 0.240. The summed E-state index contributed by atoms with van der Waals surface area (Å²) in [5.41, 5.74) is 0.925. The van der Waals surface area contributed by atoms with Crippen molar-refractivity contribution in [2.24, 2.45) is 0 Å². The molecule has 1 aliphatic carbocycles. The van der Waals surface area contributed by atoms with Gasteiger partial charge in [0, 0.05) is 0 Å². The molecule has 0 aromatic heterocycles. The van der Waals surface area contributed by atoms with Gasteiger partial charge in [0.2, 0.25) is 0 Å². The lowest BCUT2D eigenvalue weighted by Crippen LogP contribution is -2.25. The van der Waals surface area contributed by atoms with E-state index in [1.165, 1.54) is 0 Å². The highest BCUT2D eigenvalue weighted by molar-refractivity contribution is 5.37. The zero-order chi connectivity index (χ0) is 10.0. The molecule has 0 saturated heterocycles. The van der Waals surface area contributed by atoms with E-state index in [4.69, 9.17) is 0 Å². The van der Waals surface area contributed by atoms with Gasteiger partial charge in [-0.3, -0.25) is 0 Å². The second kappa shape index (κ2) is 3.33. The molecule has 0 bridgehead atoms. The summed E-state index contributed by atoms with van der Waals surface area (Å²) in [5.74, 6) is 0.450. The van der Waals surface area contributed by atoms with Crippen molar-refractivity contribution in [1.29, 1.82) is 0 Å². The molecule has 0 radical (unpaired) electrons. The summed E-state index contributed by atoms with van der Waals surface area (Å²) in [6.07, 6.45) is 6.63. The summed E-state index contributed by atoms with van der Waals surface area (Å²) in [6, 6.07) is 10.1. The third-order valence-corrected chi connectivity index (χ3v) is 2.89. The highest BCUT2D eigenvalue weighted by atomic mass is 16.3. The average molecular weight is 186 g/mol. The maximum Gasteiger partial charge on any atom is 0.103 e. The second-order valence-corrected chi connectivity index (χ2v) is 3.88. The molecular formula is C13H14O. The van der Waals surface area contributed by atoms with Crippen molar-refractivity contribution in [2.45, 2.75) is 18.8 Å². The fourth-order valence-corrected chi connectivity index (χ4v) is 1.82. The van der Waals surface area contributed by atoms with Crippen molar-refractivity contribution < 1.29 is 5.11 Å². The molecule has 1 aromatic rings. The van der Waals surface area contributed by atoms with Gasteiger partial charge in [0.15, 0.2) is 0 Å². The Kier molecular flexibility index (Phi) is 2.16. The summed E-state index contributed by atoms with van der Waals surface area (Å²) in [7, 11) is 0. The zero-order valence-corrected chi connectivity index (χ0v) is 8.27. The summed E-state index contributed by atoms with van der Waals surface area (Å²) in [5, 5.41) is 9.89. The molecule has 1 atom stereocenters. The first-order chi connectivity index (χ1) is 6.73. The zero-order valence-electron chi connectivity index (χ0n) is 8.27. The Bertz CT molecular complexity index is 375. The smallest absolute Gasteiger partial charge is 0.103 e. The summed E-state index contributed by atoms with van der Waals surface area (Å²) in [4.78, 5) is 0. The van der Waals surface area contributed by atoms with Crippen molar-refractivity contribution in [2.75, 3.05) is 0 Å². The number of hydrogen-bond acceptors (Lipinski definition) is 1. The van der Waals surface area contributed by atoms with Gasteiger partial charge in [-0.2, -0.15) is 0 Å². The van der Waals surface area contributed by atoms with E-state index in [0.717, 1.165) is 12.0 Å². The summed E-state index contributed by atoms with van der Waals surface area (Å²) in [6.45, 7) is 2.07. The topological polar surface area (TPSA) is 20.2 Å². The summed E-state index contributed by atoms with van der Waals surface area (Å²) >= 11 is 0. The van der Waals surface area contributed by atoms with E-state index in [0.29, 0.717) is 5.76 Å². The van der Waals surface area contributed by atoms with Crippen molar-refractivity contribution in [1.82, 2.24) is 0 Å². The van der Waals surface area contributed by atoms with Crippen LogP contribution in [0.15, 0.2) is 54.3 Å². The fraction of sp³-hybridized carbons (Fsp3) is 0.231. The Hall–Kier alpha value is -1.50. The maximum atomic E-state index is 9.89. The normalized spacial score (nSPS) is 25.9. The number of aliphatic hydroxyl groups excluding tert-OH is 1. The van der Waals surface area contributed by atoms with Crippen LogP contribution in [0.5, 0.6) is 0 Å². The third-order valence-electron chi connectivity index (χ3n) is 2.89. The van der Waals surface area contributed by atoms with Crippen LogP contribution in [0, 0.1) is 0 Å². The second-order valence-electron chi connectivity index (χ2n) is 3.88. The van der Waals surface area contributed by atoms with Gasteiger partial charge in [-0.05, 0) is 25.0 Å². The highest BCUT2D eigenvalue weighted by Gasteiger charge is 2.30. The molecule has 0 heterocycles. The van der Waals surface area contributed by atoms with Crippen LogP contribution in [0.3, 0.4) is 0 Å². The first-order valence-corrected chi connectivity index (χ1v) is 4.85. The van der Waals surface area contributed by atoms with E-state index in [-0.39, 0.29) is 5.41 Å². The van der Waals surface area contributed by atoms with E-state index >= 15 is 0 Å². The molecule has 1 aliphatic rings. The molecule has 72 valence electrons. The Morgan fingerprint density at radius 1 is 1.21 bits per heavy atom. The van der Waals surface area contributed by atoms with E-state index in [1.54, 1.807) is 6.08 Å². The van der Waals surface area contributed by atoms with Gasteiger partial charge in [-0.15, -0.1) is 0 Å². The molecule has 14 heavy (non-hydrogen) atoms. The van der Waals surface area contributed by atoms with Crippen molar-refractivity contribution in [3.63, 3.8) is 0 Å². The molecule has 1 nitrogen and oxygen atoms in total. The van der Waals surface area contributed by atoms with E-state index in [9.17, 15) is 5.11 Å². The minimum atomic E-state index is -0.240. The number of allylic oxidation sites excluding steroid dienone is 4. The van der Waals surface area contributed by atoms with Gasteiger partial charge < -0.3 is 5.11 Å². The van der Waals surface area contributed by atoms with Crippen LogP contribution in [0.25, 0.3) is 0 Å². The van der Waals surface area contributed by atoms with Gasteiger partial charge in [0.1, 0.15) is 5.76 Å². The van der Waals surface area contributed by atoms with Gasteiger partial charge in [-0.1, -0.05) is 42.5 Å². The lowest BCUT2D eigenvalue weighted by atomic mass is 9.76. The van der Waals surface area contributed by atoms with Gasteiger partial charge in [-0.25, -0.2) is 0 Å². The highest BCUT2D eigenvalue weighted by Crippen LogP contribution is 2.36. The van der Waals surface area contributed by atoms with Gasteiger partial charge in [0.05, 0.1) is 5.41 Å². The first kappa shape index (κ1) is 9.07. The van der Waals surface area contributed by atoms with E-state index in [2.05, 4.69) is 25.1 Å². The molecular weight excluding hydrogens is 172 g/mol. The Balaban J connectivity index is 2.43.